The molecule has 1 saturated carbocycles. The summed E-state index contributed by atoms with van der Waals surface area (Å²) in [7, 11) is 0. The Morgan fingerprint density at radius 2 is 2.06 bits per heavy atom. The summed E-state index contributed by atoms with van der Waals surface area (Å²) in [5.41, 5.74) is 7.03. The Balaban J connectivity index is 1.72. The van der Waals surface area contributed by atoms with E-state index in [1.54, 1.807) is 0 Å². The van der Waals surface area contributed by atoms with Crippen molar-refractivity contribution in [2.24, 2.45) is 5.73 Å². The minimum absolute atomic E-state index is 0.130. The molecule has 1 atom stereocenters. The minimum Gasteiger partial charge on any atom is -0.461 e. The fourth-order valence-electron chi connectivity index (χ4n) is 1.83. The van der Waals surface area contributed by atoms with E-state index in [9.17, 15) is 4.79 Å². The molecule has 1 aromatic rings. The molecule has 1 unspecified atom stereocenters. The van der Waals surface area contributed by atoms with Crippen molar-refractivity contribution in [3.05, 3.63) is 35.9 Å². The Hall–Kier alpha value is -1.35. The van der Waals surface area contributed by atoms with Crippen molar-refractivity contribution < 1.29 is 9.53 Å². The first-order chi connectivity index (χ1) is 8.25. The topological polar surface area (TPSA) is 52.3 Å². The van der Waals surface area contributed by atoms with Crippen molar-refractivity contribution in [2.75, 3.05) is 0 Å². The third-order valence-electron chi connectivity index (χ3n) is 3.22. The van der Waals surface area contributed by atoms with Gasteiger partial charge in [-0.25, -0.2) is 0 Å². The van der Waals surface area contributed by atoms with Crippen LogP contribution in [0.4, 0.5) is 0 Å². The van der Waals surface area contributed by atoms with Gasteiger partial charge in [0, 0.05) is 0 Å². The maximum absolute atomic E-state index is 11.6. The monoisotopic (exact) mass is 233 g/mol. The molecule has 1 aromatic carbocycles. The zero-order valence-electron chi connectivity index (χ0n) is 9.97. The highest BCUT2D eigenvalue weighted by molar-refractivity contribution is 5.75. The van der Waals surface area contributed by atoms with E-state index in [0.717, 1.165) is 25.7 Å². The third kappa shape index (κ3) is 3.56. The molecule has 92 valence electrons. The number of hydrogen-bond donors (Lipinski definition) is 1. The van der Waals surface area contributed by atoms with Crippen LogP contribution < -0.4 is 5.73 Å². The van der Waals surface area contributed by atoms with E-state index in [1.807, 2.05) is 30.3 Å². The molecule has 0 saturated heterocycles. The van der Waals surface area contributed by atoms with Crippen molar-refractivity contribution in [3.63, 3.8) is 0 Å². The van der Waals surface area contributed by atoms with E-state index >= 15 is 0 Å². The van der Waals surface area contributed by atoms with E-state index < -0.39 is 6.04 Å². The van der Waals surface area contributed by atoms with Gasteiger partial charge in [0.1, 0.15) is 12.1 Å². The molecular weight excluding hydrogens is 214 g/mol. The predicted octanol–water partition coefficient (Wildman–Crippen LogP) is 2.04. The van der Waals surface area contributed by atoms with E-state index in [0.29, 0.717) is 6.42 Å². The summed E-state index contributed by atoms with van der Waals surface area (Å²) in [5.74, 6) is -0.245. The molecule has 1 aliphatic rings. The first-order valence-electron chi connectivity index (χ1n) is 6.25. The molecule has 0 amide bonds. The molecule has 2 rings (SSSR count). The summed E-state index contributed by atoms with van der Waals surface area (Å²) in [6.45, 7) is 0. The molecule has 17 heavy (non-hydrogen) atoms. The Labute approximate surface area is 102 Å². The molecule has 3 heteroatoms. The zero-order valence-corrected chi connectivity index (χ0v) is 9.97. The highest BCUT2D eigenvalue weighted by Gasteiger charge is 2.24. The first kappa shape index (κ1) is 12.1. The smallest absolute Gasteiger partial charge is 0.323 e. The molecule has 1 aliphatic carbocycles. The van der Waals surface area contributed by atoms with Gasteiger partial charge in [-0.2, -0.15) is 0 Å². The van der Waals surface area contributed by atoms with Crippen molar-refractivity contribution in [2.45, 2.75) is 44.2 Å². The van der Waals surface area contributed by atoms with E-state index in [2.05, 4.69) is 0 Å². The van der Waals surface area contributed by atoms with E-state index in [4.69, 9.17) is 10.5 Å². The standard InChI is InChI=1S/C14H19NO2/c15-13(14(16)17-12-7-4-8-12)10-9-11-5-2-1-3-6-11/h1-3,5-6,12-13H,4,7-10,15H2. The van der Waals surface area contributed by atoms with Crippen molar-refractivity contribution >= 4 is 5.97 Å². The van der Waals surface area contributed by atoms with Crippen LogP contribution in [0.2, 0.25) is 0 Å². The maximum Gasteiger partial charge on any atom is 0.323 e. The number of carbonyl (C=O) groups excluding carboxylic acids is 1. The Kier molecular flexibility index (Phi) is 4.15. The van der Waals surface area contributed by atoms with Crippen LogP contribution in [0.3, 0.4) is 0 Å². The van der Waals surface area contributed by atoms with Crippen molar-refractivity contribution in [3.8, 4) is 0 Å². The van der Waals surface area contributed by atoms with Crippen molar-refractivity contribution in [1.82, 2.24) is 0 Å². The van der Waals surface area contributed by atoms with Gasteiger partial charge in [0.15, 0.2) is 0 Å². The number of hydrogen-bond acceptors (Lipinski definition) is 3. The molecule has 0 radical (unpaired) electrons. The highest BCUT2D eigenvalue weighted by atomic mass is 16.5. The van der Waals surface area contributed by atoms with Crippen molar-refractivity contribution in [1.29, 1.82) is 0 Å². The van der Waals surface area contributed by atoms with Crippen LogP contribution in [0.15, 0.2) is 30.3 Å². The molecule has 3 nitrogen and oxygen atoms in total. The second-order valence-corrected chi connectivity index (χ2v) is 4.62. The second-order valence-electron chi connectivity index (χ2n) is 4.62. The molecule has 0 heterocycles. The van der Waals surface area contributed by atoms with Gasteiger partial charge >= 0.3 is 5.97 Å². The number of nitrogens with two attached hydrogens (primary N) is 1. The predicted molar refractivity (Wildman–Crippen MR) is 66.5 cm³/mol. The fraction of sp³-hybridized carbons (Fsp3) is 0.500. The second kappa shape index (κ2) is 5.82. The summed E-state index contributed by atoms with van der Waals surface area (Å²) in [6.07, 6.45) is 4.76. The van der Waals surface area contributed by atoms with Gasteiger partial charge in [-0.1, -0.05) is 30.3 Å². The van der Waals surface area contributed by atoms with Crippen LogP contribution in [0.25, 0.3) is 0 Å². The summed E-state index contributed by atoms with van der Waals surface area (Å²) < 4.78 is 5.27. The SMILES string of the molecule is NC(CCc1ccccc1)C(=O)OC1CCC1. The lowest BCUT2D eigenvalue weighted by Gasteiger charge is -2.26. The van der Waals surface area contributed by atoms with Crippen LogP contribution in [0.1, 0.15) is 31.2 Å². The third-order valence-corrected chi connectivity index (χ3v) is 3.22. The van der Waals surface area contributed by atoms with Gasteiger partial charge in [0.25, 0.3) is 0 Å². The fourth-order valence-corrected chi connectivity index (χ4v) is 1.83. The minimum atomic E-state index is -0.490. The molecule has 0 aliphatic heterocycles. The zero-order chi connectivity index (χ0) is 12.1. The molecular formula is C14H19NO2. The van der Waals surface area contributed by atoms with E-state index in [-0.39, 0.29) is 12.1 Å². The summed E-state index contributed by atoms with van der Waals surface area (Å²) in [5, 5.41) is 0. The van der Waals surface area contributed by atoms with Crippen LogP contribution in [-0.2, 0) is 16.0 Å². The maximum atomic E-state index is 11.6. The van der Waals surface area contributed by atoms with Gasteiger partial charge in [0.05, 0.1) is 0 Å². The average molecular weight is 233 g/mol. The summed E-state index contributed by atoms with van der Waals surface area (Å²) in [4.78, 5) is 11.6. The molecule has 1 fully saturated rings. The Morgan fingerprint density at radius 3 is 2.65 bits per heavy atom. The Bertz CT molecular complexity index is 360. The van der Waals surface area contributed by atoms with Gasteiger partial charge in [-0.05, 0) is 37.7 Å². The molecule has 0 bridgehead atoms. The Morgan fingerprint density at radius 1 is 1.35 bits per heavy atom. The molecule has 0 spiro atoms. The molecule has 2 N–H and O–H groups in total. The lowest BCUT2D eigenvalue weighted by molar-refractivity contribution is -0.154. The normalized spacial score (nSPS) is 17.2. The number of benzene rings is 1. The van der Waals surface area contributed by atoms with Crippen LogP contribution >= 0.6 is 0 Å². The number of esters is 1. The van der Waals surface area contributed by atoms with Crippen LogP contribution in [0, 0.1) is 0 Å². The summed E-state index contributed by atoms with van der Waals surface area (Å²) >= 11 is 0. The van der Waals surface area contributed by atoms with Crippen LogP contribution in [0.5, 0.6) is 0 Å². The quantitative estimate of drug-likeness (QED) is 0.792. The lowest BCUT2D eigenvalue weighted by atomic mass is 9.96. The molecule has 0 aromatic heterocycles. The number of ether oxygens (including phenoxy) is 1. The largest absolute Gasteiger partial charge is 0.461 e. The van der Waals surface area contributed by atoms with Gasteiger partial charge < -0.3 is 10.5 Å². The van der Waals surface area contributed by atoms with Crippen LogP contribution in [-0.4, -0.2) is 18.1 Å². The van der Waals surface area contributed by atoms with Gasteiger partial charge in [-0.15, -0.1) is 0 Å². The number of rotatable bonds is 5. The first-order valence-corrected chi connectivity index (χ1v) is 6.25. The highest BCUT2D eigenvalue weighted by Crippen LogP contribution is 2.22. The lowest BCUT2D eigenvalue weighted by Crippen LogP contribution is -2.37. The van der Waals surface area contributed by atoms with Gasteiger partial charge in [0.2, 0.25) is 0 Å². The van der Waals surface area contributed by atoms with Gasteiger partial charge in [-0.3, -0.25) is 4.79 Å². The number of carbonyl (C=O) groups is 1. The average Bonchev–Trinajstić information content (AvgIpc) is 2.32. The summed E-state index contributed by atoms with van der Waals surface area (Å²) in [6, 6.07) is 9.57. The van der Waals surface area contributed by atoms with E-state index in [1.165, 1.54) is 5.56 Å². The number of aryl methyl sites for hydroxylation is 1.